The van der Waals surface area contributed by atoms with E-state index in [0.717, 1.165) is 54.8 Å². The van der Waals surface area contributed by atoms with Gasteiger partial charge in [0, 0.05) is 25.4 Å². The number of halogens is 3. The number of nitrogens with zero attached hydrogens (tertiary/aromatic N) is 4. The third-order valence-electron chi connectivity index (χ3n) is 5.82. The van der Waals surface area contributed by atoms with Crippen LogP contribution in [0.25, 0.3) is 0 Å². The molecule has 0 bridgehead atoms. The molecule has 1 atom stereocenters. The summed E-state index contributed by atoms with van der Waals surface area (Å²) in [5.74, 6) is -0.410. The minimum absolute atomic E-state index is 0.150. The summed E-state index contributed by atoms with van der Waals surface area (Å²) in [6.45, 7) is 0. The number of anilines is 1. The second kappa shape index (κ2) is 9.70. The number of carbonyl (C=O) groups excluding carboxylic acids is 1. The fourth-order valence-corrected chi connectivity index (χ4v) is 4.18. The Balaban J connectivity index is 1.59. The predicted octanol–water partition coefficient (Wildman–Crippen LogP) is 4.55. The number of amides is 1. The normalized spacial score (nSPS) is 15.3. The average molecular weight is 475 g/mol. The standard InChI is InChI=1S/C23H24F3N5O3/c1-30-11-10-20(29-30)28-22(33)18(12-15-6-2-3-7-15)31-21(32)13-16(14-27-31)34-19-9-5-4-8-17(19)23(24,25)26/h4-5,8-11,13-15,18H,2-3,6-7,12H2,1H3,(H,28,29,33). The Morgan fingerprint density at radius 3 is 2.62 bits per heavy atom. The lowest BCUT2D eigenvalue weighted by Crippen LogP contribution is -2.36. The highest BCUT2D eigenvalue weighted by Gasteiger charge is 2.34. The highest BCUT2D eigenvalue weighted by Crippen LogP contribution is 2.37. The number of benzene rings is 1. The van der Waals surface area contributed by atoms with Crippen molar-refractivity contribution in [2.75, 3.05) is 5.32 Å². The number of rotatable bonds is 7. The molecule has 0 radical (unpaired) electrons. The van der Waals surface area contributed by atoms with Crippen LogP contribution in [-0.2, 0) is 18.0 Å². The van der Waals surface area contributed by atoms with Gasteiger partial charge in [0.1, 0.15) is 11.8 Å². The Bertz CT molecular complexity index is 1210. The summed E-state index contributed by atoms with van der Waals surface area (Å²) in [6, 6.07) is 6.49. The van der Waals surface area contributed by atoms with Crippen LogP contribution in [0.4, 0.5) is 19.0 Å². The minimum atomic E-state index is -4.62. The molecule has 1 aromatic carbocycles. The molecule has 2 aromatic heterocycles. The van der Waals surface area contributed by atoms with Gasteiger partial charge in [-0.25, -0.2) is 4.68 Å². The molecule has 8 nitrogen and oxygen atoms in total. The molecule has 1 aliphatic rings. The topological polar surface area (TPSA) is 91.0 Å². The van der Waals surface area contributed by atoms with Crippen molar-refractivity contribution in [3.8, 4) is 11.5 Å². The van der Waals surface area contributed by atoms with Gasteiger partial charge in [-0.05, 0) is 24.5 Å². The van der Waals surface area contributed by atoms with E-state index < -0.39 is 35.0 Å². The summed E-state index contributed by atoms with van der Waals surface area (Å²) in [6.07, 6.45) is 2.66. The van der Waals surface area contributed by atoms with Crippen molar-refractivity contribution in [2.24, 2.45) is 13.0 Å². The zero-order valence-electron chi connectivity index (χ0n) is 18.5. The van der Waals surface area contributed by atoms with Gasteiger partial charge in [0.25, 0.3) is 11.5 Å². The van der Waals surface area contributed by atoms with Gasteiger partial charge in [0.15, 0.2) is 11.6 Å². The number of para-hydroxylation sites is 1. The molecular formula is C23H24F3N5O3. The van der Waals surface area contributed by atoms with Gasteiger partial charge >= 0.3 is 6.18 Å². The van der Waals surface area contributed by atoms with Crippen LogP contribution in [-0.4, -0.2) is 25.5 Å². The van der Waals surface area contributed by atoms with Crippen molar-refractivity contribution in [2.45, 2.75) is 44.3 Å². The number of nitrogens with one attached hydrogen (secondary N) is 1. The fourth-order valence-electron chi connectivity index (χ4n) is 4.18. The molecule has 1 aliphatic carbocycles. The Labute approximate surface area is 193 Å². The lowest BCUT2D eigenvalue weighted by molar-refractivity contribution is -0.138. The lowest BCUT2D eigenvalue weighted by atomic mass is 9.98. The summed E-state index contributed by atoms with van der Waals surface area (Å²) in [5, 5.41) is 10.9. The number of hydrogen-bond acceptors (Lipinski definition) is 5. The van der Waals surface area contributed by atoms with Crippen molar-refractivity contribution in [1.29, 1.82) is 0 Å². The molecule has 4 rings (SSSR count). The molecular weight excluding hydrogens is 451 g/mol. The van der Waals surface area contributed by atoms with Crippen LogP contribution in [0, 0.1) is 5.92 Å². The number of aromatic nitrogens is 4. The first kappa shape index (κ1) is 23.5. The molecule has 11 heteroatoms. The Hall–Kier alpha value is -3.63. The minimum Gasteiger partial charge on any atom is -0.455 e. The summed E-state index contributed by atoms with van der Waals surface area (Å²) in [4.78, 5) is 26.0. The molecule has 0 aliphatic heterocycles. The number of ether oxygens (including phenoxy) is 1. The number of hydrogen-bond donors (Lipinski definition) is 1. The molecule has 1 amide bonds. The van der Waals surface area contributed by atoms with Crippen LogP contribution in [0.2, 0.25) is 0 Å². The average Bonchev–Trinajstić information content (AvgIpc) is 3.44. The summed E-state index contributed by atoms with van der Waals surface area (Å²) >= 11 is 0. The van der Waals surface area contributed by atoms with Gasteiger partial charge < -0.3 is 10.1 Å². The lowest BCUT2D eigenvalue weighted by Gasteiger charge is -2.21. The third kappa shape index (κ3) is 5.46. The van der Waals surface area contributed by atoms with Crippen LogP contribution in [0.1, 0.15) is 43.7 Å². The molecule has 1 fully saturated rings. The summed E-state index contributed by atoms with van der Waals surface area (Å²) < 4.78 is 47.7. The Kier molecular flexibility index (Phi) is 6.71. The second-order valence-corrected chi connectivity index (χ2v) is 8.34. The SMILES string of the molecule is Cn1ccc(NC(=O)C(CC2CCCC2)n2ncc(Oc3ccccc3C(F)(F)F)cc2=O)n1. The quantitative estimate of drug-likeness (QED) is 0.542. The van der Waals surface area contributed by atoms with Gasteiger partial charge in [-0.2, -0.15) is 23.4 Å². The van der Waals surface area contributed by atoms with Crippen molar-refractivity contribution in [1.82, 2.24) is 19.6 Å². The fraction of sp³-hybridized carbons (Fsp3) is 0.391. The van der Waals surface area contributed by atoms with E-state index in [9.17, 15) is 22.8 Å². The zero-order chi connectivity index (χ0) is 24.3. The number of alkyl halides is 3. The van der Waals surface area contributed by atoms with E-state index >= 15 is 0 Å². The molecule has 180 valence electrons. The first-order chi connectivity index (χ1) is 16.2. The first-order valence-corrected chi connectivity index (χ1v) is 10.9. The maximum Gasteiger partial charge on any atom is 0.419 e. The second-order valence-electron chi connectivity index (χ2n) is 8.34. The van der Waals surface area contributed by atoms with Gasteiger partial charge in [0.2, 0.25) is 0 Å². The highest BCUT2D eigenvalue weighted by atomic mass is 19.4. The third-order valence-corrected chi connectivity index (χ3v) is 5.82. The number of carbonyl (C=O) groups is 1. The predicted molar refractivity (Wildman–Crippen MR) is 117 cm³/mol. The molecule has 0 saturated heterocycles. The van der Waals surface area contributed by atoms with Crippen molar-refractivity contribution < 1.29 is 22.7 Å². The van der Waals surface area contributed by atoms with Crippen LogP contribution >= 0.6 is 0 Å². The maximum absolute atomic E-state index is 13.3. The van der Waals surface area contributed by atoms with Crippen molar-refractivity contribution in [3.05, 3.63) is 64.7 Å². The Morgan fingerprint density at radius 2 is 1.97 bits per heavy atom. The van der Waals surface area contributed by atoms with E-state index in [1.165, 1.54) is 16.8 Å². The van der Waals surface area contributed by atoms with Gasteiger partial charge in [-0.15, -0.1) is 0 Å². The van der Waals surface area contributed by atoms with E-state index in [2.05, 4.69) is 15.5 Å². The van der Waals surface area contributed by atoms with Crippen LogP contribution in [0.15, 0.2) is 53.6 Å². The van der Waals surface area contributed by atoms with E-state index in [1.54, 1.807) is 19.3 Å². The monoisotopic (exact) mass is 475 g/mol. The molecule has 34 heavy (non-hydrogen) atoms. The Morgan fingerprint density at radius 1 is 1.24 bits per heavy atom. The van der Waals surface area contributed by atoms with Crippen molar-refractivity contribution in [3.63, 3.8) is 0 Å². The molecule has 3 aromatic rings. The van der Waals surface area contributed by atoms with E-state index in [0.29, 0.717) is 12.2 Å². The molecule has 1 saturated carbocycles. The number of aryl methyl sites for hydroxylation is 1. The molecule has 2 heterocycles. The first-order valence-electron chi connectivity index (χ1n) is 10.9. The van der Waals surface area contributed by atoms with E-state index in [4.69, 9.17) is 4.74 Å². The zero-order valence-corrected chi connectivity index (χ0v) is 18.5. The molecule has 1 N–H and O–H groups in total. The van der Waals surface area contributed by atoms with Gasteiger partial charge in [-0.3, -0.25) is 14.3 Å². The smallest absolute Gasteiger partial charge is 0.419 e. The summed E-state index contributed by atoms with van der Waals surface area (Å²) in [7, 11) is 1.72. The van der Waals surface area contributed by atoms with Crippen molar-refractivity contribution >= 4 is 11.7 Å². The summed E-state index contributed by atoms with van der Waals surface area (Å²) in [5.41, 5.74) is -1.62. The largest absolute Gasteiger partial charge is 0.455 e. The van der Waals surface area contributed by atoms with E-state index in [-0.39, 0.29) is 11.7 Å². The van der Waals surface area contributed by atoms with Crippen LogP contribution in [0.3, 0.4) is 0 Å². The van der Waals surface area contributed by atoms with Crippen LogP contribution < -0.4 is 15.6 Å². The molecule has 1 unspecified atom stereocenters. The maximum atomic E-state index is 13.3. The van der Waals surface area contributed by atoms with Gasteiger partial charge in [-0.1, -0.05) is 37.8 Å². The molecule has 0 spiro atoms. The van der Waals surface area contributed by atoms with E-state index in [1.807, 2.05) is 0 Å². The van der Waals surface area contributed by atoms with Gasteiger partial charge in [0.05, 0.1) is 11.8 Å². The van der Waals surface area contributed by atoms with Crippen LogP contribution in [0.5, 0.6) is 11.5 Å². The highest BCUT2D eigenvalue weighted by molar-refractivity contribution is 5.92.